The van der Waals surface area contributed by atoms with Crippen molar-refractivity contribution in [3.8, 4) is 0 Å². The molecule has 6 heteroatoms. The summed E-state index contributed by atoms with van der Waals surface area (Å²) in [6, 6.07) is 14.6. The first kappa shape index (κ1) is 20.3. The first-order valence-electron chi connectivity index (χ1n) is 8.43. The number of nitrogens with one attached hydrogen (secondary N) is 1. The summed E-state index contributed by atoms with van der Waals surface area (Å²) >= 11 is 11.8. The second-order valence-corrected chi connectivity index (χ2v) is 6.72. The molecule has 0 fully saturated rings. The van der Waals surface area contributed by atoms with Gasteiger partial charge in [0, 0.05) is 0 Å². The minimum Gasteiger partial charge on any atom is -0.455 e. The van der Waals surface area contributed by atoms with E-state index in [1.165, 1.54) is 0 Å². The van der Waals surface area contributed by atoms with Crippen LogP contribution < -0.4 is 5.32 Å². The number of carbonyl (C=O) groups is 2. The summed E-state index contributed by atoms with van der Waals surface area (Å²) in [6.45, 7) is 1.74. The summed E-state index contributed by atoms with van der Waals surface area (Å²) in [6.07, 6.45) is 1.77. The number of hydrogen-bond donors (Lipinski definition) is 1. The number of rotatable bonds is 8. The van der Waals surface area contributed by atoms with Crippen molar-refractivity contribution < 1.29 is 14.3 Å². The molecule has 2 aromatic carbocycles. The van der Waals surface area contributed by atoms with E-state index >= 15 is 0 Å². The average molecular weight is 394 g/mol. The number of hydrogen-bond acceptors (Lipinski definition) is 3. The SMILES string of the molecule is CCC[C@@H](NC(=O)COC(=O)Cc1ccc(Cl)c(Cl)c1)c1ccccc1. The van der Waals surface area contributed by atoms with Gasteiger partial charge in [-0.25, -0.2) is 0 Å². The molecule has 0 aliphatic carbocycles. The zero-order valence-electron chi connectivity index (χ0n) is 14.5. The molecule has 1 N–H and O–H groups in total. The minimum absolute atomic E-state index is 0.0290. The topological polar surface area (TPSA) is 55.4 Å². The van der Waals surface area contributed by atoms with Crippen molar-refractivity contribution in [1.82, 2.24) is 5.32 Å². The van der Waals surface area contributed by atoms with Crippen LogP contribution in [0, 0.1) is 0 Å². The van der Waals surface area contributed by atoms with Crippen molar-refractivity contribution in [3.05, 3.63) is 69.7 Å². The van der Waals surface area contributed by atoms with E-state index in [1.807, 2.05) is 30.3 Å². The highest BCUT2D eigenvalue weighted by Crippen LogP contribution is 2.23. The molecule has 2 rings (SSSR count). The molecule has 0 saturated heterocycles. The zero-order valence-corrected chi connectivity index (χ0v) is 16.0. The average Bonchev–Trinajstić information content (AvgIpc) is 2.63. The molecule has 4 nitrogen and oxygen atoms in total. The van der Waals surface area contributed by atoms with Gasteiger partial charge in [-0.3, -0.25) is 9.59 Å². The molecule has 1 amide bonds. The predicted octanol–water partition coefficient (Wildman–Crippen LogP) is 4.74. The predicted molar refractivity (Wildman–Crippen MR) is 103 cm³/mol. The van der Waals surface area contributed by atoms with Crippen LogP contribution in [0.3, 0.4) is 0 Å². The highest BCUT2D eigenvalue weighted by atomic mass is 35.5. The maximum Gasteiger partial charge on any atom is 0.310 e. The van der Waals surface area contributed by atoms with E-state index in [1.54, 1.807) is 18.2 Å². The van der Waals surface area contributed by atoms with E-state index in [2.05, 4.69) is 12.2 Å². The fourth-order valence-corrected chi connectivity index (χ4v) is 2.87. The van der Waals surface area contributed by atoms with Gasteiger partial charge in [-0.05, 0) is 29.7 Å². The summed E-state index contributed by atoms with van der Waals surface area (Å²) in [4.78, 5) is 24.0. The Morgan fingerprint density at radius 3 is 2.46 bits per heavy atom. The lowest BCUT2D eigenvalue weighted by molar-refractivity contribution is -0.148. The van der Waals surface area contributed by atoms with Crippen LogP contribution in [-0.4, -0.2) is 18.5 Å². The Labute approximate surface area is 163 Å². The lowest BCUT2D eigenvalue weighted by Crippen LogP contribution is -2.32. The number of halogens is 2. The number of ether oxygens (including phenoxy) is 1. The van der Waals surface area contributed by atoms with Crippen LogP contribution in [0.5, 0.6) is 0 Å². The normalized spacial score (nSPS) is 11.7. The largest absolute Gasteiger partial charge is 0.455 e. The quantitative estimate of drug-likeness (QED) is 0.659. The van der Waals surface area contributed by atoms with Gasteiger partial charge in [-0.15, -0.1) is 0 Å². The van der Waals surface area contributed by atoms with E-state index < -0.39 is 5.97 Å². The Balaban J connectivity index is 1.84. The van der Waals surface area contributed by atoms with Gasteiger partial charge >= 0.3 is 5.97 Å². The second-order valence-electron chi connectivity index (χ2n) is 5.91. The Bertz CT molecular complexity index is 750. The molecule has 138 valence electrons. The van der Waals surface area contributed by atoms with Gasteiger partial charge in [0.25, 0.3) is 5.91 Å². The molecule has 0 spiro atoms. The van der Waals surface area contributed by atoms with Crippen molar-refractivity contribution in [2.45, 2.75) is 32.2 Å². The minimum atomic E-state index is -0.495. The molecular weight excluding hydrogens is 373 g/mol. The monoisotopic (exact) mass is 393 g/mol. The summed E-state index contributed by atoms with van der Waals surface area (Å²) in [5.41, 5.74) is 1.71. The van der Waals surface area contributed by atoms with Crippen LogP contribution in [0.2, 0.25) is 10.0 Å². The molecule has 0 radical (unpaired) electrons. The van der Waals surface area contributed by atoms with Crippen LogP contribution in [0.25, 0.3) is 0 Å². The van der Waals surface area contributed by atoms with Crippen LogP contribution in [0.1, 0.15) is 36.9 Å². The van der Waals surface area contributed by atoms with Crippen molar-refractivity contribution in [2.75, 3.05) is 6.61 Å². The molecule has 1 atom stereocenters. The number of benzene rings is 2. The number of esters is 1. The van der Waals surface area contributed by atoms with Gasteiger partial charge in [0.2, 0.25) is 0 Å². The van der Waals surface area contributed by atoms with E-state index in [0.29, 0.717) is 15.6 Å². The van der Waals surface area contributed by atoms with Gasteiger partial charge in [0.05, 0.1) is 22.5 Å². The molecule has 2 aromatic rings. The summed E-state index contributed by atoms with van der Waals surface area (Å²) < 4.78 is 5.07. The lowest BCUT2D eigenvalue weighted by Gasteiger charge is -2.18. The molecule has 0 aromatic heterocycles. The van der Waals surface area contributed by atoms with Crippen molar-refractivity contribution in [2.24, 2.45) is 0 Å². The van der Waals surface area contributed by atoms with Crippen molar-refractivity contribution in [3.63, 3.8) is 0 Å². The van der Waals surface area contributed by atoms with E-state index in [0.717, 1.165) is 18.4 Å². The molecule has 0 bridgehead atoms. The van der Waals surface area contributed by atoms with Crippen LogP contribution in [0.15, 0.2) is 48.5 Å². The third-order valence-electron chi connectivity index (χ3n) is 3.81. The second kappa shape index (κ2) is 10.2. The van der Waals surface area contributed by atoms with Gasteiger partial charge in [0.1, 0.15) is 0 Å². The van der Waals surface area contributed by atoms with Gasteiger partial charge in [-0.1, -0.05) is 72.9 Å². The molecule has 26 heavy (non-hydrogen) atoms. The first-order chi connectivity index (χ1) is 12.5. The first-order valence-corrected chi connectivity index (χ1v) is 9.19. The maximum atomic E-state index is 12.1. The Hall–Kier alpha value is -2.04. The zero-order chi connectivity index (χ0) is 18.9. The van der Waals surface area contributed by atoms with Crippen LogP contribution in [-0.2, 0) is 20.7 Å². The highest BCUT2D eigenvalue weighted by molar-refractivity contribution is 6.42. The van der Waals surface area contributed by atoms with Gasteiger partial charge in [0.15, 0.2) is 6.61 Å². The van der Waals surface area contributed by atoms with E-state index in [9.17, 15) is 9.59 Å². The third-order valence-corrected chi connectivity index (χ3v) is 4.55. The fraction of sp³-hybridized carbons (Fsp3) is 0.300. The smallest absolute Gasteiger partial charge is 0.310 e. The van der Waals surface area contributed by atoms with E-state index in [-0.39, 0.29) is 25.0 Å². The highest BCUT2D eigenvalue weighted by Gasteiger charge is 2.15. The Morgan fingerprint density at radius 1 is 1.08 bits per heavy atom. The molecular formula is C20H21Cl2NO3. The van der Waals surface area contributed by atoms with Crippen molar-refractivity contribution >= 4 is 35.1 Å². The molecule has 0 heterocycles. The lowest BCUT2D eigenvalue weighted by atomic mass is 10.0. The van der Waals surface area contributed by atoms with Crippen LogP contribution >= 0.6 is 23.2 Å². The molecule has 0 unspecified atom stereocenters. The van der Waals surface area contributed by atoms with Crippen LogP contribution in [0.4, 0.5) is 0 Å². The Morgan fingerprint density at radius 2 is 1.81 bits per heavy atom. The summed E-state index contributed by atoms with van der Waals surface area (Å²) in [5.74, 6) is -0.819. The summed E-state index contributed by atoms with van der Waals surface area (Å²) in [7, 11) is 0. The number of carbonyl (C=O) groups excluding carboxylic acids is 2. The molecule has 0 saturated carbocycles. The van der Waals surface area contributed by atoms with Crippen molar-refractivity contribution in [1.29, 1.82) is 0 Å². The Kier molecular flexibility index (Phi) is 7.95. The third kappa shape index (κ3) is 6.36. The van der Waals surface area contributed by atoms with E-state index in [4.69, 9.17) is 27.9 Å². The van der Waals surface area contributed by atoms with Gasteiger partial charge in [-0.2, -0.15) is 0 Å². The fourth-order valence-electron chi connectivity index (χ4n) is 2.55. The number of amides is 1. The standard InChI is InChI=1S/C20H21Cl2NO3/c1-2-6-18(15-7-4-3-5-8-15)23-19(24)13-26-20(25)12-14-9-10-16(21)17(22)11-14/h3-5,7-11,18H,2,6,12-13H2,1H3,(H,23,24)/t18-/m1/s1. The maximum absolute atomic E-state index is 12.1. The molecule has 0 aliphatic rings. The summed E-state index contributed by atoms with van der Waals surface area (Å²) in [5, 5.41) is 3.71. The molecule has 0 aliphatic heterocycles. The van der Waals surface area contributed by atoms with Gasteiger partial charge < -0.3 is 10.1 Å².